The Bertz CT molecular complexity index is 1330. The maximum Gasteiger partial charge on any atom is 0.417 e. The van der Waals surface area contributed by atoms with E-state index in [1.807, 2.05) is 0 Å². The summed E-state index contributed by atoms with van der Waals surface area (Å²) >= 11 is 0. The molecule has 3 aromatic rings. The second-order valence-corrected chi connectivity index (χ2v) is 10.4. The van der Waals surface area contributed by atoms with Gasteiger partial charge in [-0.25, -0.2) is 17.9 Å². The van der Waals surface area contributed by atoms with Gasteiger partial charge < -0.3 is 9.52 Å². The van der Waals surface area contributed by atoms with Crippen LogP contribution in [0.1, 0.15) is 42.4 Å². The van der Waals surface area contributed by atoms with Crippen LogP contribution in [0.25, 0.3) is 11.0 Å². The molecule has 182 valence electrons. The summed E-state index contributed by atoms with van der Waals surface area (Å²) in [5, 5.41) is 9.83. The van der Waals surface area contributed by atoms with E-state index in [9.17, 15) is 31.5 Å². The van der Waals surface area contributed by atoms with Crippen molar-refractivity contribution in [2.75, 3.05) is 6.54 Å². The Labute approximate surface area is 194 Å². The third-order valence-electron chi connectivity index (χ3n) is 6.16. The smallest absolute Gasteiger partial charge is 0.417 e. The first kappa shape index (κ1) is 24.4. The maximum absolute atomic E-state index is 13.4. The molecule has 1 aliphatic rings. The lowest BCUT2D eigenvalue weighted by Crippen LogP contribution is -2.36. The van der Waals surface area contributed by atoms with Crippen molar-refractivity contribution in [1.82, 2.24) is 4.72 Å². The highest BCUT2D eigenvalue weighted by atomic mass is 32.2. The van der Waals surface area contributed by atoms with Crippen LogP contribution in [0.4, 0.5) is 13.2 Å². The number of aliphatic hydroxyl groups is 1. The third kappa shape index (κ3) is 5.51. The Morgan fingerprint density at radius 3 is 2.35 bits per heavy atom. The van der Waals surface area contributed by atoms with Crippen LogP contribution < -0.4 is 10.3 Å². The molecule has 1 saturated carbocycles. The van der Waals surface area contributed by atoms with E-state index in [1.165, 1.54) is 24.3 Å². The monoisotopic (exact) mass is 495 g/mol. The molecule has 0 amide bonds. The minimum absolute atomic E-state index is 0.0705. The van der Waals surface area contributed by atoms with E-state index >= 15 is 0 Å². The van der Waals surface area contributed by atoms with Crippen LogP contribution in [-0.2, 0) is 22.6 Å². The molecule has 10 heteroatoms. The first-order valence-electron chi connectivity index (χ1n) is 10.9. The normalized spacial score (nSPS) is 19.4. The number of hydrogen-bond donors (Lipinski definition) is 2. The number of aliphatic hydroxyl groups excluding tert-OH is 1. The molecule has 0 saturated heterocycles. The fourth-order valence-corrected chi connectivity index (χ4v) is 5.40. The number of alkyl halides is 3. The zero-order valence-corrected chi connectivity index (χ0v) is 19.0. The summed E-state index contributed by atoms with van der Waals surface area (Å²) in [7, 11) is -3.76. The summed E-state index contributed by atoms with van der Waals surface area (Å²) < 4.78 is 72.8. The lowest BCUT2D eigenvalue weighted by Gasteiger charge is -2.27. The van der Waals surface area contributed by atoms with E-state index in [-0.39, 0.29) is 34.7 Å². The SMILES string of the molecule is O=c1cc(C(F)(F)F)c2cc(Cc3ccc(S(=O)(=O)NCC4CCCC[C@H]4O)cc3)ccc2o1. The Morgan fingerprint density at radius 1 is 1.00 bits per heavy atom. The Morgan fingerprint density at radius 2 is 1.68 bits per heavy atom. The molecule has 1 heterocycles. The molecule has 34 heavy (non-hydrogen) atoms. The fraction of sp³-hybridized carbons (Fsp3) is 0.375. The van der Waals surface area contributed by atoms with Crippen LogP contribution in [0.2, 0.25) is 0 Å². The predicted octanol–water partition coefficient (Wildman–Crippen LogP) is 4.23. The summed E-state index contributed by atoms with van der Waals surface area (Å²) in [6, 6.07) is 10.7. The van der Waals surface area contributed by atoms with Gasteiger partial charge in [0.05, 0.1) is 16.6 Å². The molecule has 0 bridgehead atoms. The van der Waals surface area contributed by atoms with Crippen molar-refractivity contribution < 1.29 is 31.1 Å². The number of rotatable bonds is 6. The van der Waals surface area contributed by atoms with Crippen LogP contribution in [0.5, 0.6) is 0 Å². The van der Waals surface area contributed by atoms with E-state index in [2.05, 4.69) is 4.72 Å². The zero-order valence-electron chi connectivity index (χ0n) is 18.1. The Balaban J connectivity index is 1.50. The molecular weight excluding hydrogens is 471 g/mol. The van der Waals surface area contributed by atoms with E-state index in [0.29, 0.717) is 23.6 Å². The first-order chi connectivity index (χ1) is 16.0. The highest BCUT2D eigenvalue weighted by Gasteiger charge is 2.34. The number of benzene rings is 2. The van der Waals surface area contributed by atoms with Crippen LogP contribution in [0.15, 0.2) is 62.6 Å². The van der Waals surface area contributed by atoms with Gasteiger partial charge in [-0.1, -0.05) is 31.0 Å². The minimum atomic E-state index is -4.70. The molecule has 4 rings (SSSR count). The fourth-order valence-electron chi connectivity index (χ4n) is 4.30. The molecule has 1 aromatic heterocycles. The van der Waals surface area contributed by atoms with Crippen molar-refractivity contribution in [1.29, 1.82) is 0 Å². The summed E-state index contributed by atoms with van der Waals surface area (Å²) in [5.41, 5.74) is -1.04. The zero-order chi connectivity index (χ0) is 24.5. The van der Waals surface area contributed by atoms with Crippen molar-refractivity contribution in [2.45, 2.75) is 49.3 Å². The molecule has 6 nitrogen and oxygen atoms in total. The minimum Gasteiger partial charge on any atom is -0.423 e. The highest BCUT2D eigenvalue weighted by Crippen LogP contribution is 2.34. The lowest BCUT2D eigenvalue weighted by atomic mass is 9.87. The van der Waals surface area contributed by atoms with Gasteiger partial charge in [0, 0.05) is 18.0 Å². The van der Waals surface area contributed by atoms with Gasteiger partial charge in [0.25, 0.3) is 0 Å². The van der Waals surface area contributed by atoms with Crippen molar-refractivity contribution in [3.8, 4) is 0 Å². The second kappa shape index (κ2) is 9.52. The summed E-state index contributed by atoms with van der Waals surface area (Å²) in [6.45, 7) is 0.167. The molecule has 0 spiro atoms. The van der Waals surface area contributed by atoms with Gasteiger partial charge in [-0.05, 0) is 60.6 Å². The Kier molecular flexibility index (Phi) is 6.84. The standard InChI is InChI=1S/C24H24F3NO5S/c25-24(26,27)20-13-23(30)33-22-10-7-16(12-19(20)22)11-15-5-8-18(9-6-15)34(31,32)28-14-17-3-1-2-4-21(17)29/h5-10,12-13,17,21,28-29H,1-4,11,14H2/t17?,21-/m1/s1. The van der Waals surface area contributed by atoms with Crippen LogP contribution in [0, 0.1) is 5.92 Å². The topological polar surface area (TPSA) is 96.6 Å². The number of hydrogen-bond acceptors (Lipinski definition) is 5. The number of fused-ring (bicyclic) bond motifs is 1. The van der Waals surface area contributed by atoms with Crippen molar-refractivity contribution in [3.05, 3.63) is 75.6 Å². The maximum atomic E-state index is 13.4. The largest absolute Gasteiger partial charge is 0.423 e. The van der Waals surface area contributed by atoms with Gasteiger partial charge in [-0.15, -0.1) is 0 Å². The third-order valence-corrected chi connectivity index (χ3v) is 7.60. The second-order valence-electron chi connectivity index (χ2n) is 8.59. The summed E-state index contributed by atoms with van der Waals surface area (Å²) in [6.07, 6.45) is -1.61. The van der Waals surface area contributed by atoms with Crippen molar-refractivity contribution >= 4 is 21.0 Å². The first-order valence-corrected chi connectivity index (χ1v) is 12.4. The quantitative estimate of drug-likeness (QED) is 0.499. The van der Waals surface area contributed by atoms with Crippen LogP contribution in [-0.4, -0.2) is 26.2 Å². The van der Waals surface area contributed by atoms with Gasteiger partial charge in [0.1, 0.15) is 5.58 Å². The Hall–Kier alpha value is -2.69. The van der Waals surface area contributed by atoms with Gasteiger partial charge in [0.2, 0.25) is 10.0 Å². The number of sulfonamides is 1. The molecule has 1 aliphatic carbocycles. The average molecular weight is 496 g/mol. The van der Waals surface area contributed by atoms with Gasteiger partial charge in [-0.2, -0.15) is 13.2 Å². The number of halogens is 3. The van der Waals surface area contributed by atoms with Gasteiger partial charge in [-0.3, -0.25) is 0 Å². The molecule has 2 N–H and O–H groups in total. The highest BCUT2D eigenvalue weighted by molar-refractivity contribution is 7.89. The van der Waals surface area contributed by atoms with E-state index < -0.39 is 33.5 Å². The lowest BCUT2D eigenvalue weighted by molar-refractivity contribution is -0.136. The van der Waals surface area contributed by atoms with E-state index in [1.54, 1.807) is 18.2 Å². The average Bonchev–Trinajstić information content (AvgIpc) is 2.78. The van der Waals surface area contributed by atoms with Crippen LogP contribution in [0.3, 0.4) is 0 Å². The van der Waals surface area contributed by atoms with E-state index in [0.717, 1.165) is 19.3 Å². The van der Waals surface area contributed by atoms with Gasteiger partial charge in [0.15, 0.2) is 0 Å². The summed E-state index contributed by atoms with van der Waals surface area (Å²) in [4.78, 5) is 11.5. The molecule has 0 radical (unpaired) electrons. The molecule has 0 aliphatic heterocycles. The van der Waals surface area contributed by atoms with Crippen LogP contribution >= 0.6 is 0 Å². The van der Waals surface area contributed by atoms with E-state index in [4.69, 9.17) is 4.42 Å². The molecule has 2 aromatic carbocycles. The number of nitrogens with one attached hydrogen (secondary N) is 1. The molecular formula is C24H24F3NO5S. The molecule has 2 atom stereocenters. The van der Waals surface area contributed by atoms with Gasteiger partial charge >= 0.3 is 11.8 Å². The molecule has 1 unspecified atom stereocenters. The molecule has 1 fully saturated rings. The van der Waals surface area contributed by atoms with Crippen molar-refractivity contribution in [3.63, 3.8) is 0 Å². The predicted molar refractivity (Wildman–Crippen MR) is 120 cm³/mol. The van der Waals surface area contributed by atoms with Crippen molar-refractivity contribution in [2.24, 2.45) is 5.92 Å². The summed E-state index contributed by atoms with van der Waals surface area (Å²) in [5.74, 6) is -0.110.